The predicted molar refractivity (Wildman–Crippen MR) is 117 cm³/mol. The van der Waals surface area contributed by atoms with Gasteiger partial charge in [-0.2, -0.15) is 0 Å². The average molecular weight is 485 g/mol. The summed E-state index contributed by atoms with van der Waals surface area (Å²) < 4.78 is 39.3. The third kappa shape index (κ3) is 4.88. The summed E-state index contributed by atoms with van der Waals surface area (Å²) >= 11 is 0. The number of aldehydes is 1. The topological polar surface area (TPSA) is 170 Å². The smallest absolute Gasteiger partial charge is 0.337 e. The van der Waals surface area contributed by atoms with Gasteiger partial charge in [0.15, 0.2) is 35.2 Å². The van der Waals surface area contributed by atoms with Crippen LogP contribution in [0.4, 0.5) is 8.78 Å². The number of aromatic amines is 1. The van der Waals surface area contributed by atoms with Gasteiger partial charge in [0.1, 0.15) is 5.52 Å². The monoisotopic (exact) mass is 485 g/mol. The van der Waals surface area contributed by atoms with Crippen molar-refractivity contribution < 1.29 is 37.7 Å². The number of rotatable bonds is 6. The van der Waals surface area contributed by atoms with Gasteiger partial charge in [-0.05, 0) is 6.07 Å². The van der Waals surface area contributed by atoms with Gasteiger partial charge in [0.25, 0.3) is 5.91 Å². The van der Waals surface area contributed by atoms with E-state index in [0.29, 0.717) is 6.29 Å². The fourth-order valence-corrected chi connectivity index (χ4v) is 3.07. The molecule has 0 radical (unpaired) electrons. The van der Waals surface area contributed by atoms with Crippen molar-refractivity contribution in [3.8, 4) is 22.6 Å². The first kappa shape index (κ1) is 24.7. The Morgan fingerprint density at radius 3 is 2.09 bits per heavy atom. The Kier molecular flexibility index (Phi) is 7.29. The van der Waals surface area contributed by atoms with Crippen LogP contribution in [0, 0.1) is 11.6 Å². The second-order valence-electron chi connectivity index (χ2n) is 6.67. The van der Waals surface area contributed by atoms with Crippen LogP contribution in [0.2, 0.25) is 0 Å². The summed E-state index contributed by atoms with van der Waals surface area (Å²) in [6, 6.07) is 3.59. The minimum atomic E-state index is -1.22. The van der Waals surface area contributed by atoms with Crippen LogP contribution >= 0.6 is 0 Å². The van der Waals surface area contributed by atoms with Gasteiger partial charge >= 0.3 is 5.97 Å². The van der Waals surface area contributed by atoms with Crippen molar-refractivity contribution in [1.29, 1.82) is 0 Å². The molecule has 0 saturated heterocycles. The molecule has 0 aliphatic rings. The number of hydrogen-bond acceptors (Lipinski definition) is 8. The number of methoxy groups -OCH3 is 2. The Morgan fingerprint density at radius 2 is 1.63 bits per heavy atom. The first-order valence-electron chi connectivity index (χ1n) is 9.60. The second kappa shape index (κ2) is 10.3. The fourth-order valence-electron chi connectivity index (χ4n) is 3.07. The van der Waals surface area contributed by atoms with Crippen LogP contribution in [0.25, 0.3) is 22.2 Å². The van der Waals surface area contributed by atoms with Gasteiger partial charge in [-0.3, -0.25) is 19.6 Å². The first-order valence-corrected chi connectivity index (χ1v) is 9.60. The number of H-pyrrole nitrogens is 1. The highest BCUT2D eigenvalue weighted by molar-refractivity contribution is 6.05. The van der Waals surface area contributed by atoms with Crippen molar-refractivity contribution in [1.82, 2.24) is 19.9 Å². The van der Waals surface area contributed by atoms with Crippen molar-refractivity contribution in [2.45, 2.75) is 0 Å². The Balaban J connectivity index is 0.000000287. The number of carboxylic acids is 1. The number of fused-ring (bicyclic) bond motifs is 1. The molecule has 0 bridgehead atoms. The molecular formula is C22H17F2N5O6. The number of carboxylic acid groups (broad SMARTS) is 1. The molecule has 1 amide bonds. The van der Waals surface area contributed by atoms with E-state index >= 15 is 0 Å². The number of nitrogens with two attached hydrogens (primary N) is 1. The van der Waals surface area contributed by atoms with Crippen molar-refractivity contribution in [2.24, 2.45) is 5.73 Å². The van der Waals surface area contributed by atoms with E-state index in [1.165, 1.54) is 44.9 Å². The lowest BCUT2D eigenvalue weighted by Gasteiger charge is -2.14. The Bertz CT molecular complexity index is 1410. The van der Waals surface area contributed by atoms with Crippen molar-refractivity contribution >= 4 is 29.2 Å². The molecule has 4 aromatic rings. The van der Waals surface area contributed by atoms with E-state index in [1.54, 1.807) is 0 Å². The molecule has 4 rings (SSSR count). The Morgan fingerprint density at radius 1 is 1.03 bits per heavy atom. The third-order valence-corrected chi connectivity index (χ3v) is 4.65. The molecule has 0 unspecified atom stereocenters. The zero-order chi connectivity index (χ0) is 25.7. The lowest BCUT2D eigenvalue weighted by atomic mass is 9.99. The maximum absolute atomic E-state index is 14.7. The summed E-state index contributed by atoms with van der Waals surface area (Å²) in [4.78, 5) is 45.7. The Labute approximate surface area is 195 Å². The van der Waals surface area contributed by atoms with Crippen LogP contribution < -0.4 is 15.2 Å². The van der Waals surface area contributed by atoms with Gasteiger partial charge in [-0.15, -0.1) is 0 Å². The molecule has 13 heteroatoms. The first-order chi connectivity index (χ1) is 16.7. The molecule has 0 saturated carbocycles. The summed E-state index contributed by atoms with van der Waals surface area (Å²) in [5.74, 6) is -4.22. The zero-order valence-corrected chi connectivity index (χ0v) is 18.2. The van der Waals surface area contributed by atoms with Crippen LogP contribution in [0.15, 0.2) is 36.8 Å². The van der Waals surface area contributed by atoms with Gasteiger partial charge in [0.2, 0.25) is 0 Å². The van der Waals surface area contributed by atoms with Gasteiger partial charge in [-0.1, -0.05) is 6.07 Å². The number of nitrogens with zero attached hydrogens (tertiary/aromatic N) is 3. The van der Waals surface area contributed by atoms with Crippen LogP contribution in [0.5, 0.6) is 11.5 Å². The highest BCUT2D eigenvalue weighted by atomic mass is 19.1. The number of nitrogens with one attached hydrogen (secondary N) is 1. The minimum Gasteiger partial charge on any atom is -0.494 e. The molecule has 35 heavy (non-hydrogen) atoms. The molecule has 180 valence electrons. The number of carbonyl (C=O) groups is 3. The maximum atomic E-state index is 14.7. The third-order valence-electron chi connectivity index (χ3n) is 4.65. The SMILES string of the molecule is COc1cc(OC)c(F)c(-c2ccc(C(=O)O)c3nccnc23)c1F.NC(=O)c1ncc(C=O)[nH]1. The number of aromatic nitrogens is 4. The lowest BCUT2D eigenvalue weighted by molar-refractivity contribution is 0.0698. The number of amides is 1. The van der Waals surface area contributed by atoms with Crippen LogP contribution in [0.1, 0.15) is 31.5 Å². The van der Waals surface area contributed by atoms with E-state index < -0.39 is 29.1 Å². The summed E-state index contributed by atoms with van der Waals surface area (Å²) in [6.45, 7) is 0. The standard InChI is InChI=1S/C17H12F2N2O4.C5H5N3O2/c1-24-10-7-11(25-2)14(19)12(13(10)18)8-3-4-9(17(22)23)16-15(8)20-5-6-21-16;6-4(10)5-7-1-3(2-9)8-5/h3-7H,1-2H3,(H,22,23);1-2H,(H2,6,10)(H,7,8). The zero-order valence-electron chi connectivity index (χ0n) is 18.2. The largest absolute Gasteiger partial charge is 0.494 e. The van der Waals surface area contributed by atoms with E-state index in [1.807, 2.05) is 0 Å². The maximum Gasteiger partial charge on any atom is 0.337 e. The van der Waals surface area contributed by atoms with Gasteiger partial charge in [0, 0.05) is 24.0 Å². The number of ether oxygens (including phenoxy) is 2. The van der Waals surface area contributed by atoms with Gasteiger partial charge in [-0.25, -0.2) is 18.6 Å². The summed E-state index contributed by atoms with van der Waals surface area (Å²) in [5.41, 5.74) is 4.64. The summed E-state index contributed by atoms with van der Waals surface area (Å²) in [5, 5.41) is 9.26. The molecule has 0 aliphatic carbocycles. The molecule has 0 aliphatic heterocycles. The summed E-state index contributed by atoms with van der Waals surface area (Å²) in [7, 11) is 2.48. The fraction of sp³-hybridized carbons (Fsp3) is 0.0909. The lowest BCUT2D eigenvalue weighted by Crippen LogP contribution is -2.12. The Hall–Kier alpha value is -4.94. The quantitative estimate of drug-likeness (QED) is 0.347. The van der Waals surface area contributed by atoms with E-state index in [2.05, 4.69) is 19.9 Å². The number of carbonyl (C=O) groups excluding carboxylic acids is 2. The van der Waals surface area contributed by atoms with Crippen molar-refractivity contribution in [2.75, 3.05) is 14.2 Å². The van der Waals surface area contributed by atoms with Crippen molar-refractivity contribution in [3.63, 3.8) is 0 Å². The number of aromatic carboxylic acids is 1. The second-order valence-corrected chi connectivity index (χ2v) is 6.67. The molecule has 2 aromatic carbocycles. The van der Waals surface area contributed by atoms with E-state index in [0.717, 1.165) is 6.07 Å². The molecule has 11 nitrogen and oxygen atoms in total. The minimum absolute atomic E-state index is 0.00194. The van der Waals surface area contributed by atoms with Crippen LogP contribution in [-0.2, 0) is 0 Å². The normalized spacial score (nSPS) is 10.3. The summed E-state index contributed by atoms with van der Waals surface area (Å²) in [6.07, 6.45) is 4.41. The van der Waals surface area contributed by atoms with Gasteiger partial charge in [0.05, 0.1) is 42.8 Å². The van der Waals surface area contributed by atoms with Crippen LogP contribution in [0.3, 0.4) is 0 Å². The highest BCUT2D eigenvalue weighted by Gasteiger charge is 2.25. The number of imidazole rings is 1. The van der Waals surface area contributed by atoms with Crippen molar-refractivity contribution in [3.05, 3.63) is 65.5 Å². The molecular weight excluding hydrogens is 468 g/mol. The van der Waals surface area contributed by atoms with Crippen LogP contribution in [-0.4, -0.2) is 57.4 Å². The number of hydrogen-bond donors (Lipinski definition) is 3. The number of halogens is 2. The van der Waals surface area contributed by atoms with E-state index in [9.17, 15) is 28.3 Å². The molecule has 0 atom stereocenters. The van der Waals surface area contributed by atoms with E-state index in [4.69, 9.17) is 15.2 Å². The molecule has 4 N–H and O–H groups in total. The molecule has 2 aromatic heterocycles. The highest BCUT2D eigenvalue weighted by Crippen LogP contribution is 2.40. The van der Waals surface area contributed by atoms with E-state index in [-0.39, 0.29) is 45.2 Å². The number of benzene rings is 2. The molecule has 0 spiro atoms. The predicted octanol–water partition coefficient (Wildman–Crippen LogP) is 2.61. The molecule has 2 heterocycles. The van der Waals surface area contributed by atoms with Gasteiger partial charge < -0.3 is 25.3 Å². The average Bonchev–Trinajstić information content (AvgIpc) is 3.34. The molecule has 0 fully saturated rings. The number of primary amides is 1.